The molecule has 0 aromatic carbocycles. The van der Waals surface area contributed by atoms with Crippen LogP contribution in [0.2, 0.25) is 0 Å². The number of nitrogens with two attached hydrogens (primary N) is 1. The highest BCUT2D eigenvalue weighted by Gasteiger charge is 2.17. The van der Waals surface area contributed by atoms with Crippen LogP contribution < -0.4 is 16.0 Å². The van der Waals surface area contributed by atoms with Gasteiger partial charge in [0.25, 0.3) is 0 Å². The lowest BCUT2D eigenvalue weighted by atomic mass is 10.1. The minimum Gasteiger partial charge on any atom is -0.378 e. The lowest BCUT2D eigenvalue weighted by Gasteiger charge is -2.29. The summed E-state index contributed by atoms with van der Waals surface area (Å²) in [6.07, 6.45) is 1.78. The number of rotatable bonds is 5. The van der Waals surface area contributed by atoms with E-state index in [1.54, 1.807) is 6.20 Å². The van der Waals surface area contributed by atoms with Gasteiger partial charge in [0.15, 0.2) is 0 Å². The number of amides is 1. The highest BCUT2D eigenvalue weighted by molar-refractivity contribution is 5.78. The highest BCUT2D eigenvalue weighted by atomic mass is 16.5. The second-order valence-corrected chi connectivity index (χ2v) is 4.94. The molecule has 1 aromatic rings. The van der Waals surface area contributed by atoms with E-state index in [2.05, 4.69) is 15.2 Å². The Morgan fingerprint density at radius 3 is 3.00 bits per heavy atom. The summed E-state index contributed by atoms with van der Waals surface area (Å²) in [6.45, 7) is 5.74. The van der Waals surface area contributed by atoms with Gasteiger partial charge in [-0.25, -0.2) is 4.98 Å². The van der Waals surface area contributed by atoms with Gasteiger partial charge in [-0.05, 0) is 6.07 Å². The van der Waals surface area contributed by atoms with Crippen LogP contribution in [0.3, 0.4) is 0 Å². The number of ether oxygens (including phenoxy) is 1. The van der Waals surface area contributed by atoms with Crippen molar-refractivity contribution in [2.75, 3.05) is 37.7 Å². The molecule has 2 heterocycles. The zero-order valence-electron chi connectivity index (χ0n) is 11.8. The number of carbonyl (C=O) groups is 1. The number of aromatic nitrogens is 1. The van der Waals surface area contributed by atoms with Gasteiger partial charge < -0.3 is 20.7 Å². The number of anilines is 1. The van der Waals surface area contributed by atoms with Crippen LogP contribution in [0.4, 0.5) is 5.82 Å². The maximum absolute atomic E-state index is 11.8. The first-order chi connectivity index (χ1) is 9.72. The lowest BCUT2D eigenvalue weighted by molar-refractivity contribution is -0.124. The van der Waals surface area contributed by atoms with Crippen molar-refractivity contribution in [1.82, 2.24) is 10.3 Å². The molecule has 6 nitrogen and oxygen atoms in total. The maximum atomic E-state index is 11.8. The topological polar surface area (TPSA) is 80.5 Å². The molecule has 0 saturated carbocycles. The second kappa shape index (κ2) is 7.21. The quantitative estimate of drug-likeness (QED) is 0.800. The summed E-state index contributed by atoms with van der Waals surface area (Å²) in [5.41, 5.74) is 6.51. The van der Waals surface area contributed by atoms with Crippen molar-refractivity contribution in [3.05, 3.63) is 23.9 Å². The summed E-state index contributed by atoms with van der Waals surface area (Å²) in [4.78, 5) is 18.4. The van der Waals surface area contributed by atoms with Gasteiger partial charge in [-0.2, -0.15) is 0 Å². The van der Waals surface area contributed by atoms with Crippen molar-refractivity contribution in [3.63, 3.8) is 0 Å². The Kier molecular flexibility index (Phi) is 5.31. The van der Waals surface area contributed by atoms with Crippen LogP contribution in [0.25, 0.3) is 0 Å². The van der Waals surface area contributed by atoms with Crippen molar-refractivity contribution in [1.29, 1.82) is 0 Å². The minimum atomic E-state index is -0.168. The number of nitrogens with zero attached hydrogens (tertiary/aromatic N) is 2. The van der Waals surface area contributed by atoms with E-state index >= 15 is 0 Å². The van der Waals surface area contributed by atoms with E-state index in [1.165, 1.54) is 0 Å². The van der Waals surface area contributed by atoms with E-state index in [4.69, 9.17) is 10.5 Å². The molecule has 1 amide bonds. The summed E-state index contributed by atoms with van der Waals surface area (Å²) < 4.78 is 5.35. The average molecular weight is 278 g/mol. The fourth-order valence-corrected chi connectivity index (χ4v) is 2.09. The number of nitrogens with one attached hydrogen (secondary N) is 1. The van der Waals surface area contributed by atoms with Crippen molar-refractivity contribution in [2.45, 2.75) is 13.5 Å². The summed E-state index contributed by atoms with van der Waals surface area (Å²) in [6, 6.07) is 3.88. The van der Waals surface area contributed by atoms with E-state index in [1.807, 2.05) is 19.1 Å². The first kappa shape index (κ1) is 14.7. The van der Waals surface area contributed by atoms with Crippen LogP contribution in [0.15, 0.2) is 18.3 Å². The molecule has 1 fully saturated rings. The molecule has 110 valence electrons. The molecule has 6 heteroatoms. The molecule has 2 rings (SSSR count). The minimum absolute atomic E-state index is 0.0238. The first-order valence-electron chi connectivity index (χ1n) is 6.96. The van der Waals surface area contributed by atoms with Gasteiger partial charge in [-0.3, -0.25) is 4.79 Å². The van der Waals surface area contributed by atoms with E-state index in [9.17, 15) is 4.79 Å². The summed E-state index contributed by atoms with van der Waals surface area (Å²) >= 11 is 0. The number of carbonyl (C=O) groups excluding carboxylic acids is 1. The Hall–Kier alpha value is -1.66. The van der Waals surface area contributed by atoms with Crippen molar-refractivity contribution in [3.8, 4) is 0 Å². The molecule has 3 N–H and O–H groups in total. The van der Waals surface area contributed by atoms with E-state index in [0.29, 0.717) is 26.3 Å². The molecular formula is C14H22N4O2. The summed E-state index contributed by atoms with van der Waals surface area (Å²) in [5, 5.41) is 2.91. The monoisotopic (exact) mass is 278 g/mol. The molecule has 0 aliphatic carbocycles. The van der Waals surface area contributed by atoms with Crippen LogP contribution in [0.5, 0.6) is 0 Å². The molecular weight excluding hydrogens is 256 g/mol. The van der Waals surface area contributed by atoms with Crippen LogP contribution in [0, 0.1) is 5.92 Å². The Balaban J connectivity index is 2.02. The van der Waals surface area contributed by atoms with Gasteiger partial charge in [0.2, 0.25) is 5.91 Å². The van der Waals surface area contributed by atoms with Crippen molar-refractivity contribution < 1.29 is 9.53 Å². The molecule has 20 heavy (non-hydrogen) atoms. The first-order valence-corrected chi connectivity index (χ1v) is 6.96. The molecule has 1 unspecified atom stereocenters. The van der Waals surface area contributed by atoms with E-state index < -0.39 is 0 Å². The standard InChI is InChI=1S/C14H22N4O2/c1-11(9-15)14(19)17-10-12-3-2-4-16-13(12)18-5-7-20-8-6-18/h2-4,11H,5-10,15H2,1H3,(H,17,19). The number of morpholine rings is 1. The van der Waals surface area contributed by atoms with Crippen molar-refractivity contribution in [2.24, 2.45) is 11.7 Å². The molecule has 1 atom stereocenters. The number of hydrogen-bond donors (Lipinski definition) is 2. The molecule has 1 aromatic heterocycles. The smallest absolute Gasteiger partial charge is 0.224 e. The van der Waals surface area contributed by atoms with Gasteiger partial charge in [0, 0.05) is 43.9 Å². The SMILES string of the molecule is CC(CN)C(=O)NCc1cccnc1N1CCOCC1. The van der Waals surface area contributed by atoms with E-state index in [-0.39, 0.29) is 11.8 Å². The van der Waals surface area contributed by atoms with Crippen LogP contribution in [-0.2, 0) is 16.1 Å². The lowest BCUT2D eigenvalue weighted by Crippen LogP contribution is -2.38. The Labute approximate surface area is 119 Å². The van der Waals surface area contributed by atoms with Crippen LogP contribution in [-0.4, -0.2) is 43.7 Å². The number of hydrogen-bond acceptors (Lipinski definition) is 5. The highest BCUT2D eigenvalue weighted by Crippen LogP contribution is 2.18. The largest absolute Gasteiger partial charge is 0.378 e. The Morgan fingerprint density at radius 1 is 1.55 bits per heavy atom. The van der Waals surface area contributed by atoms with Crippen LogP contribution >= 0.6 is 0 Å². The zero-order chi connectivity index (χ0) is 14.4. The molecule has 0 spiro atoms. The molecule has 0 bridgehead atoms. The third-order valence-corrected chi connectivity index (χ3v) is 3.43. The molecule has 1 aliphatic heterocycles. The average Bonchev–Trinajstić information content (AvgIpc) is 2.53. The molecule has 1 saturated heterocycles. The maximum Gasteiger partial charge on any atom is 0.224 e. The normalized spacial score (nSPS) is 16.8. The number of pyridine rings is 1. The van der Waals surface area contributed by atoms with Gasteiger partial charge in [0.05, 0.1) is 13.2 Å². The zero-order valence-corrected chi connectivity index (χ0v) is 11.8. The second-order valence-electron chi connectivity index (χ2n) is 4.94. The van der Waals surface area contributed by atoms with Crippen LogP contribution in [0.1, 0.15) is 12.5 Å². The Bertz CT molecular complexity index is 447. The predicted octanol–water partition coefficient (Wildman–Crippen LogP) is 0.129. The molecule has 1 aliphatic rings. The van der Waals surface area contributed by atoms with Gasteiger partial charge in [-0.1, -0.05) is 13.0 Å². The fourth-order valence-electron chi connectivity index (χ4n) is 2.09. The fraction of sp³-hybridized carbons (Fsp3) is 0.571. The Morgan fingerprint density at radius 2 is 2.30 bits per heavy atom. The third kappa shape index (κ3) is 3.68. The van der Waals surface area contributed by atoms with E-state index in [0.717, 1.165) is 24.5 Å². The van der Waals surface area contributed by atoms with Gasteiger partial charge >= 0.3 is 0 Å². The molecule has 0 radical (unpaired) electrons. The summed E-state index contributed by atoms with van der Waals surface area (Å²) in [7, 11) is 0. The summed E-state index contributed by atoms with van der Waals surface area (Å²) in [5.74, 6) is 0.735. The van der Waals surface area contributed by atoms with Crippen molar-refractivity contribution >= 4 is 11.7 Å². The van der Waals surface area contributed by atoms with Gasteiger partial charge in [0.1, 0.15) is 5.82 Å². The third-order valence-electron chi connectivity index (χ3n) is 3.43. The van der Waals surface area contributed by atoms with Gasteiger partial charge in [-0.15, -0.1) is 0 Å². The predicted molar refractivity (Wildman–Crippen MR) is 77.3 cm³/mol.